The van der Waals surface area contributed by atoms with Crippen molar-refractivity contribution in [2.24, 2.45) is 17.6 Å². The molecular formula is C16H28N2S. The Labute approximate surface area is 122 Å². The van der Waals surface area contributed by atoms with Crippen LogP contribution in [0.2, 0.25) is 0 Å². The van der Waals surface area contributed by atoms with Gasteiger partial charge in [0.2, 0.25) is 0 Å². The van der Waals surface area contributed by atoms with Crippen molar-refractivity contribution in [3.63, 3.8) is 0 Å². The summed E-state index contributed by atoms with van der Waals surface area (Å²) in [5, 5.41) is 2.17. The van der Waals surface area contributed by atoms with Crippen molar-refractivity contribution in [2.75, 3.05) is 20.1 Å². The quantitative estimate of drug-likeness (QED) is 0.896. The molecule has 3 unspecified atom stereocenters. The van der Waals surface area contributed by atoms with Gasteiger partial charge in [-0.1, -0.05) is 32.8 Å². The van der Waals surface area contributed by atoms with Gasteiger partial charge in [0.05, 0.1) is 0 Å². The third-order valence-corrected chi connectivity index (χ3v) is 6.29. The summed E-state index contributed by atoms with van der Waals surface area (Å²) in [7, 11) is 2.27. The van der Waals surface area contributed by atoms with Crippen molar-refractivity contribution in [1.29, 1.82) is 0 Å². The zero-order chi connectivity index (χ0) is 13.9. The van der Waals surface area contributed by atoms with E-state index in [0.29, 0.717) is 5.92 Å². The Hall–Kier alpha value is -0.380. The number of nitrogens with two attached hydrogens (primary N) is 1. The molecule has 2 rings (SSSR count). The van der Waals surface area contributed by atoms with Crippen LogP contribution >= 0.6 is 11.3 Å². The fourth-order valence-electron chi connectivity index (χ4n) is 3.68. The second kappa shape index (κ2) is 6.38. The maximum Gasteiger partial charge on any atom is 0.0356 e. The van der Waals surface area contributed by atoms with E-state index in [9.17, 15) is 0 Å². The molecule has 3 heteroatoms. The van der Waals surface area contributed by atoms with E-state index in [1.54, 1.807) is 0 Å². The molecule has 0 bridgehead atoms. The molecule has 2 nitrogen and oxygen atoms in total. The van der Waals surface area contributed by atoms with E-state index in [4.69, 9.17) is 5.73 Å². The molecule has 1 aromatic heterocycles. The van der Waals surface area contributed by atoms with Gasteiger partial charge in [0, 0.05) is 23.5 Å². The van der Waals surface area contributed by atoms with E-state index in [-0.39, 0.29) is 5.54 Å². The third-order valence-electron chi connectivity index (χ3n) is 5.36. The van der Waals surface area contributed by atoms with Crippen molar-refractivity contribution in [2.45, 2.75) is 45.1 Å². The molecular weight excluding hydrogens is 252 g/mol. The van der Waals surface area contributed by atoms with E-state index in [2.05, 4.69) is 43.3 Å². The first-order valence-electron chi connectivity index (χ1n) is 7.54. The summed E-state index contributed by atoms with van der Waals surface area (Å²) in [6.45, 7) is 6.70. The lowest BCUT2D eigenvalue weighted by Gasteiger charge is -2.51. The summed E-state index contributed by atoms with van der Waals surface area (Å²) < 4.78 is 0. The van der Waals surface area contributed by atoms with Crippen LogP contribution in [-0.4, -0.2) is 30.6 Å². The second-order valence-corrected chi connectivity index (χ2v) is 7.25. The molecule has 1 aliphatic carbocycles. The van der Waals surface area contributed by atoms with Gasteiger partial charge in [-0.2, -0.15) is 0 Å². The molecule has 1 aliphatic rings. The van der Waals surface area contributed by atoms with Crippen LogP contribution in [0.3, 0.4) is 0 Å². The fourth-order valence-corrected chi connectivity index (χ4v) is 4.37. The predicted octanol–water partition coefficient (Wildman–Crippen LogP) is 3.38. The maximum absolute atomic E-state index is 6.20. The zero-order valence-corrected chi connectivity index (χ0v) is 13.4. The van der Waals surface area contributed by atoms with Crippen LogP contribution in [0.25, 0.3) is 0 Å². The van der Waals surface area contributed by atoms with Crippen LogP contribution in [0.5, 0.6) is 0 Å². The summed E-state index contributed by atoms with van der Waals surface area (Å²) in [5.74, 6) is 1.49. The van der Waals surface area contributed by atoms with Crippen LogP contribution < -0.4 is 5.73 Å². The van der Waals surface area contributed by atoms with E-state index in [0.717, 1.165) is 25.4 Å². The molecule has 1 saturated carbocycles. The minimum absolute atomic E-state index is 0.217. The van der Waals surface area contributed by atoms with E-state index < -0.39 is 0 Å². The van der Waals surface area contributed by atoms with Gasteiger partial charge in [-0.05, 0) is 43.2 Å². The third kappa shape index (κ3) is 3.04. The topological polar surface area (TPSA) is 29.3 Å². The van der Waals surface area contributed by atoms with Crippen molar-refractivity contribution in [3.8, 4) is 0 Å². The number of rotatable bonds is 5. The van der Waals surface area contributed by atoms with Gasteiger partial charge in [0.25, 0.3) is 0 Å². The molecule has 1 fully saturated rings. The number of hydrogen-bond donors (Lipinski definition) is 1. The first kappa shape index (κ1) is 15.0. The zero-order valence-electron chi connectivity index (χ0n) is 12.6. The van der Waals surface area contributed by atoms with Crippen LogP contribution in [0.15, 0.2) is 17.5 Å². The highest BCUT2D eigenvalue weighted by Gasteiger charge is 2.43. The van der Waals surface area contributed by atoms with Crippen molar-refractivity contribution in [1.82, 2.24) is 4.90 Å². The summed E-state index contributed by atoms with van der Waals surface area (Å²) in [6.07, 6.45) is 5.10. The summed E-state index contributed by atoms with van der Waals surface area (Å²) in [6, 6.07) is 4.38. The molecule has 108 valence electrons. The van der Waals surface area contributed by atoms with Crippen LogP contribution in [0, 0.1) is 11.8 Å². The van der Waals surface area contributed by atoms with E-state index in [1.807, 2.05) is 11.3 Å². The Morgan fingerprint density at radius 1 is 1.47 bits per heavy atom. The monoisotopic (exact) mass is 280 g/mol. The van der Waals surface area contributed by atoms with Gasteiger partial charge < -0.3 is 5.73 Å². The molecule has 3 atom stereocenters. The molecule has 0 spiro atoms. The molecule has 0 saturated heterocycles. The minimum Gasteiger partial charge on any atom is -0.329 e. The highest BCUT2D eigenvalue weighted by Crippen LogP contribution is 2.40. The highest BCUT2D eigenvalue weighted by atomic mass is 32.1. The van der Waals surface area contributed by atoms with Crippen LogP contribution in [0.4, 0.5) is 0 Å². The lowest BCUT2D eigenvalue weighted by atomic mass is 9.67. The Morgan fingerprint density at radius 2 is 2.26 bits per heavy atom. The smallest absolute Gasteiger partial charge is 0.0356 e. The number of likely N-dealkylation sites (N-methyl/N-ethyl adjacent to an activating group) is 1. The highest BCUT2D eigenvalue weighted by molar-refractivity contribution is 7.09. The first-order chi connectivity index (χ1) is 9.10. The summed E-state index contributed by atoms with van der Waals surface area (Å²) in [4.78, 5) is 4.03. The molecule has 0 aromatic carbocycles. The molecule has 2 N–H and O–H groups in total. The summed E-state index contributed by atoms with van der Waals surface area (Å²) >= 11 is 1.86. The normalized spacial score (nSPS) is 31.8. The van der Waals surface area contributed by atoms with Gasteiger partial charge in [-0.25, -0.2) is 0 Å². The van der Waals surface area contributed by atoms with Crippen molar-refractivity contribution in [3.05, 3.63) is 22.4 Å². The Balaban J connectivity index is 2.02. The molecule has 0 radical (unpaired) electrons. The Morgan fingerprint density at radius 3 is 2.89 bits per heavy atom. The lowest BCUT2D eigenvalue weighted by molar-refractivity contribution is 0.00740. The molecule has 19 heavy (non-hydrogen) atoms. The van der Waals surface area contributed by atoms with Crippen LogP contribution in [-0.2, 0) is 6.42 Å². The second-order valence-electron chi connectivity index (χ2n) is 6.22. The Bertz CT molecular complexity index is 376. The van der Waals surface area contributed by atoms with Crippen molar-refractivity contribution < 1.29 is 0 Å². The number of hydrogen-bond acceptors (Lipinski definition) is 3. The molecule has 0 aliphatic heterocycles. The van der Waals surface area contributed by atoms with Gasteiger partial charge >= 0.3 is 0 Å². The van der Waals surface area contributed by atoms with Gasteiger partial charge in [0.15, 0.2) is 0 Å². The van der Waals surface area contributed by atoms with Crippen molar-refractivity contribution >= 4 is 11.3 Å². The fraction of sp³-hybridized carbons (Fsp3) is 0.750. The van der Waals surface area contributed by atoms with E-state index >= 15 is 0 Å². The average molecular weight is 280 g/mol. The standard InChI is InChI=1S/C16H28N2S/c1-13-6-4-9-16(12-17,14(13)2)18(3)10-8-15-7-5-11-19-15/h5,7,11,13-14H,4,6,8-10,12,17H2,1-3H3. The van der Waals surface area contributed by atoms with Crippen LogP contribution in [0.1, 0.15) is 38.0 Å². The first-order valence-corrected chi connectivity index (χ1v) is 8.42. The SMILES string of the molecule is CC1CCCC(CN)(N(C)CCc2cccs2)C1C. The predicted molar refractivity (Wildman–Crippen MR) is 84.6 cm³/mol. The number of thiophene rings is 1. The summed E-state index contributed by atoms with van der Waals surface area (Å²) in [5.41, 5.74) is 6.42. The molecule has 1 aromatic rings. The molecule has 0 amide bonds. The van der Waals surface area contributed by atoms with Gasteiger partial charge in [-0.3, -0.25) is 4.90 Å². The molecule has 1 heterocycles. The maximum atomic E-state index is 6.20. The average Bonchev–Trinajstić information content (AvgIpc) is 2.92. The van der Waals surface area contributed by atoms with Gasteiger partial charge in [0.1, 0.15) is 0 Å². The minimum atomic E-state index is 0.217. The lowest BCUT2D eigenvalue weighted by Crippen LogP contribution is -2.59. The van der Waals surface area contributed by atoms with Gasteiger partial charge in [-0.15, -0.1) is 11.3 Å². The van der Waals surface area contributed by atoms with E-state index in [1.165, 1.54) is 24.1 Å². The number of nitrogens with zero attached hydrogens (tertiary/aromatic N) is 1. The Kier molecular flexibility index (Phi) is 5.04. The largest absolute Gasteiger partial charge is 0.329 e.